The third kappa shape index (κ3) is 2.36. The molecule has 0 spiro atoms. The molecule has 0 aliphatic carbocycles. The number of fused-ring (bicyclic) bond motifs is 1. The Kier molecular flexibility index (Phi) is 3.25. The largest absolute Gasteiger partial charge is 0.399 e. The van der Waals surface area contributed by atoms with Crippen molar-refractivity contribution in [3.8, 4) is 0 Å². The van der Waals surface area contributed by atoms with Gasteiger partial charge >= 0.3 is 0 Å². The molecule has 4 heteroatoms. The lowest BCUT2D eigenvalue weighted by atomic mass is 10.3. The molecule has 0 fully saturated rings. The molecule has 0 saturated carbocycles. The van der Waals surface area contributed by atoms with Gasteiger partial charge in [0.1, 0.15) is 5.82 Å². The Morgan fingerprint density at radius 3 is 2.95 bits per heavy atom. The number of benzene rings is 1. The van der Waals surface area contributed by atoms with Crippen molar-refractivity contribution in [2.45, 2.75) is 26.3 Å². The van der Waals surface area contributed by atoms with Gasteiger partial charge in [-0.1, -0.05) is 13.0 Å². The predicted molar refractivity (Wildman–Crippen MR) is 81.6 cm³/mol. The van der Waals surface area contributed by atoms with Crippen LogP contribution in [0.1, 0.15) is 24.0 Å². The normalized spacial score (nSPS) is 11.2. The highest BCUT2D eigenvalue weighted by Crippen LogP contribution is 2.22. The number of anilines is 1. The van der Waals surface area contributed by atoms with Crippen molar-refractivity contribution in [2.75, 3.05) is 5.73 Å². The summed E-state index contributed by atoms with van der Waals surface area (Å²) in [7, 11) is 0. The summed E-state index contributed by atoms with van der Waals surface area (Å²) in [6.07, 6.45) is 2.10. The minimum absolute atomic E-state index is 0.774. The van der Waals surface area contributed by atoms with Gasteiger partial charge in [-0.3, -0.25) is 0 Å². The van der Waals surface area contributed by atoms with Crippen LogP contribution in [0, 0.1) is 0 Å². The second-order valence-corrected chi connectivity index (χ2v) is 5.72. The first-order chi connectivity index (χ1) is 9.28. The van der Waals surface area contributed by atoms with Crippen molar-refractivity contribution >= 4 is 28.1 Å². The first kappa shape index (κ1) is 12.2. The number of hydrogen-bond acceptors (Lipinski definition) is 3. The van der Waals surface area contributed by atoms with Gasteiger partial charge in [0.15, 0.2) is 0 Å². The summed E-state index contributed by atoms with van der Waals surface area (Å²) in [5.41, 5.74) is 8.79. The lowest BCUT2D eigenvalue weighted by Gasteiger charge is -2.07. The van der Waals surface area contributed by atoms with E-state index in [2.05, 4.69) is 35.1 Å². The van der Waals surface area contributed by atoms with E-state index < -0.39 is 0 Å². The quantitative estimate of drug-likeness (QED) is 0.736. The molecule has 3 nitrogen and oxygen atoms in total. The number of rotatable bonds is 4. The first-order valence-corrected chi connectivity index (χ1v) is 7.43. The zero-order chi connectivity index (χ0) is 13.2. The van der Waals surface area contributed by atoms with Gasteiger partial charge in [0.05, 0.1) is 17.6 Å². The Bertz CT molecular complexity index is 683. The average molecular weight is 271 g/mol. The van der Waals surface area contributed by atoms with Gasteiger partial charge in [-0.25, -0.2) is 4.98 Å². The van der Waals surface area contributed by atoms with Gasteiger partial charge in [0.25, 0.3) is 0 Å². The van der Waals surface area contributed by atoms with E-state index in [0.29, 0.717) is 0 Å². The van der Waals surface area contributed by atoms with E-state index in [4.69, 9.17) is 10.7 Å². The highest BCUT2D eigenvalue weighted by molar-refractivity contribution is 7.09. The zero-order valence-electron chi connectivity index (χ0n) is 11.0. The van der Waals surface area contributed by atoms with Crippen molar-refractivity contribution in [1.82, 2.24) is 9.55 Å². The lowest BCUT2D eigenvalue weighted by molar-refractivity contribution is 0.728. The maximum atomic E-state index is 5.85. The summed E-state index contributed by atoms with van der Waals surface area (Å²) in [4.78, 5) is 6.09. The van der Waals surface area contributed by atoms with Crippen LogP contribution in [0.15, 0.2) is 35.7 Å². The maximum absolute atomic E-state index is 5.85. The maximum Gasteiger partial charge on any atom is 0.110 e. The molecule has 0 atom stereocenters. The summed E-state index contributed by atoms with van der Waals surface area (Å²) in [5.74, 6) is 1.15. The molecule has 0 radical (unpaired) electrons. The Balaban J connectivity index is 2.10. The number of nitrogens with zero attached hydrogens (tertiary/aromatic N) is 2. The highest BCUT2D eigenvalue weighted by Gasteiger charge is 2.11. The topological polar surface area (TPSA) is 43.8 Å². The summed E-state index contributed by atoms with van der Waals surface area (Å²) >= 11 is 1.79. The summed E-state index contributed by atoms with van der Waals surface area (Å²) < 4.78 is 2.31. The number of hydrogen-bond donors (Lipinski definition) is 1. The second kappa shape index (κ2) is 5.05. The third-order valence-electron chi connectivity index (χ3n) is 3.22. The highest BCUT2D eigenvalue weighted by atomic mass is 32.1. The van der Waals surface area contributed by atoms with Crippen LogP contribution in [-0.4, -0.2) is 9.55 Å². The molecule has 0 saturated heterocycles. The van der Waals surface area contributed by atoms with Gasteiger partial charge in [-0.15, -0.1) is 11.3 Å². The van der Waals surface area contributed by atoms with Gasteiger partial charge in [-0.05, 0) is 36.1 Å². The number of imidazole rings is 1. The predicted octanol–water partition coefficient (Wildman–Crippen LogP) is 3.68. The van der Waals surface area contributed by atoms with Crippen molar-refractivity contribution in [2.24, 2.45) is 0 Å². The fourth-order valence-corrected chi connectivity index (χ4v) is 3.04. The van der Waals surface area contributed by atoms with Gasteiger partial charge in [0.2, 0.25) is 0 Å². The molecular weight excluding hydrogens is 254 g/mol. The van der Waals surface area contributed by atoms with Crippen molar-refractivity contribution in [3.05, 3.63) is 46.4 Å². The number of thiophene rings is 1. The molecule has 0 bridgehead atoms. The molecule has 2 heterocycles. The van der Waals surface area contributed by atoms with Gasteiger partial charge in [-0.2, -0.15) is 0 Å². The molecule has 98 valence electrons. The minimum atomic E-state index is 0.774. The Hall–Kier alpha value is -1.81. The van der Waals surface area contributed by atoms with Crippen LogP contribution >= 0.6 is 11.3 Å². The minimum Gasteiger partial charge on any atom is -0.399 e. The Morgan fingerprint density at radius 2 is 2.21 bits per heavy atom. The van der Waals surface area contributed by atoms with Crippen LogP contribution in [0.3, 0.4) is 0 Å². The number of aryl methyl sites for hydroxylation is 1. The lowest BCUT2D eigenvalue weighted by Crippen LogP contribution is -2.03. The molecule has 3 aromatic rings. The molecule has 3 rings (SSSR count). The Labute approximate surface area is 116 Å². The molecule has 0 aliphatic rings. The standard InChI is InChI=1S/C15H17N3S/c1-2-4-15-17-13-9-11(16)6-7-14(13)18(15)10-12-5-3-8-19-12/h3,5-9H,2,4,10,16H2,1H3. The van der Waals surface area contributed by atoms with E-state index in [1.165, 1.54) is 10.4 Å². The van der Waals surface area contributed by atoms with E-state index in [1.807, 2.05) is 12.1 Å². The number of nitrogen functional groups attached to an aromatic ring is 1. The van der Waals surface area contributed by atoms with Crippen LogP contribution in [0.5, 0.6) is 0 Å². The van der Waals surface area contributed by atoms with Crippen molar-refractivity contribution < 1.29 is 0 Å². The van der Waals surface area contributed by atoms with E-state index in [1.54, 1.807) is 11.3 Å². The molecular formula is C15H17N3S. The summed E-state index contributed by atoms with van der Waals surface area (Å²) in [6, 6.07) is 10.2. The van der Waals surface area contributed by atoms with Crippen LogP contribution < -0.4 is 5.73 Å². The van der Waals surface area contributed by atoms with Crippen LogP contribution in [0.25, 0.3) is 11.0 Å². The fraction of sp³-hybridized carbons (Fsp3) is 0.267. The third-order valence-corrected chi connectivity index (χ3v) is 4.08. The Morgan fingerprint density at radius 1 is 1.32 bits per heavy atom. The summed E-state index contributed by atoms with van der Waals surface area (Å²) in [5, 5.41) is 2.12. The average Bonchev–Trinajstić information content (AvgIpc) is 2.99. The first-order valence-electron chi connectivity index (χ1n) is 6.55. The molecule has 0 unspecified atom stereocenters. The molecule has 1 aromatic carbocycles. The molecule has 0 aliphatic heterocycles. The number of nitrogens with two attached hydrogens (primary N) is 1. The van der Waals surface area contributed by atoms with Crippen LogP contribution in [-0.2, 0) is 13.0 Å². The van der Waals surface area contributed by atoms with E-state index in [9.17, 15) is 0 Å². The van der Waals surface area contributed by atoms with Crippen LogP contribution in [0.4, 0.5) is 5.69 Å². The summed E-state index contributed by atoms with van der Waals surface area (Å²) in [6.45, 7) is 3.08. The molecule has 19 heavy (non-hydrogen) atoms. The SMILES string of the molecule is CCCc1nc2cc(N)ccc2n1Cc1cccs1. The van der Waals surface area contributed by atoms with Gasteiger partial charge in [0, 0.05) is 17.0 Å². The smallest absolute Gasteiger partial charge is 0.110 e. The molecule has 2 N–H and O–H groups in total. The monoisotopic (exact) mass is 271 g/mol. The second-order valence-electron chi connectivity index (χ2n) is 4.69. The fourth-order valence-electron chi connectivity index (χ4n) is 2.35. The zero-order valence-corrected chi connectivity index (χ0v) is 11.8. The van der Waals surface area contributed by atoms with Crippen LogP contribution in [0.2, 0.25) is 0 Å². The van der Waals surface area contributed by atoms with Gasteiger partial charge < -0.3 is 10.3 Å². The van der Waals surface area contributed by atoms with E-state index >= 15 is 0 Å². The van der Waals surface area contributed by atoms with Crippen molar-refractivity contribution in [3.63, 3.8) is 0 Å². The van der Waals surface area contributed by atoms with Crippen molar-refractivity contribution in [1.29, 1.82) is 0 Å². The van der Waals surface area contributed by atoms with E-state index in [0.717, 1.165) is 36.4 Å². The molecule has 0 amide bonds. The molecule has 2 aromatic heterocycles. The van der Waals surface area contributed by atoms with E-state index in [-0.39, 0.29) is 0 Å². The number of aromatic nitrogens is 2.